The van der Waals surface area contributed by atoms with Crippen LogP contribution in [-0.4, -0.2) is 40.3 Å². The molecule has 4 fully saturated rings. The number of ether oxygens (including phenoxy) is 1. The summed E-state index contributed by atoms with van der Waals surface area (Å²) in [6, 6.07) is 0. The fourth-order valence-electron chi connectivity index (χ4n) is 10.2. The van der Waals surface area contributed by atoms with Crippen molar-refractivity contribution < 1.29 is 24.5 Å². The number of hydrogen-bond acceptors (Lipinski definition) is 5. The highest BCUT2D eigenvalue weighted by molar-refractivity contribution is 5.83. The number of aliphatic hydroxyl groups excluding tert-OH is 2. The van der Waals surface area contributed by atoms with Crippen molar-refractivity contribution in [2.24, 2.45) is 58.2 Å². The first kappa shape index (κ1) is 28.1. The second-order valence-corrected chi connectivity index (χ2v) is 14.0. The zero-order chi connectivity index (χ0) is 26.6. The van der Waals surface area contributed by atoms with Gasteiger partial charge in [-0.2, -0.15) is 0 Å². The summed E-state index contributed by atoms with van der Waals surface area (Å²) < 4.78 is 5.54. The van der Waals surface area contributed by atoms with Gasteiger partial charge in [-0.3, -0.25) is 9.59 Å². The number of aliphatic hydroxyl groups is 2. The lowest BCUT2D eigenvalue weighted by Crippen LogP contribution is -2.57. The second kappa shape index (κ2) is 10.3. The predicted molar refractivity (Wildman–Crippen MR) is 141 cm³/mol. The standard InChI is InChI=1S/C31H52O5/c1-8-21(17(2)3)29(35)28(34)18(4)23-9-10-24-22-16-27(33)26-15-20(36-19(5)32)11-13-31(26,7)25(22)12-14-30(23,24)6/h17-18,20-26,28-29,34-35H,8-16H2,1-7H3/t18-,20-,21-,22?,23+,24?,25?,26+,28-,29-,30+,31+/m0/s1. The molecule has 4 aliphatic carbocycles. The van der Waals surface area contributed by atoms with Gasteiger partial charge in [0.1, 0.15) is 11.9 Å². The summed E-state index contributed by atoms with van der Waals surface area (Å²) in [4.78, 5) is 25.1. The van der Waals surface area contributed by atoms with Gasteiger partial charge in [-0.1, -0.05) is 48.0 Å². The molecule has 0 radical (unpaired) electrons. The lowest BCUT2D eigenvalue weighted by atomic mass is 9.44. The summed E-state index contributed by atoms with van der Waals surface area (Å²) in [5, 5.41) is 22.4. The Bertz CT molecular complexity index is 824. The Morgan fingerprint density at radius 3 is 2.25 bits per heavy atom. The van der Waals surface area contributed by atoms with Crippen LogP contribution in [0.3, 0.4) is 0 Å². The normalized spacial score (nSPS) is 43.7. The van der Waals surface area contributed by atoms with Crippen molar-refractivity contribution in [1.82, 2.24) is 0 Å². The van der Waals surface area contributed by atoms with Crippen LogP contribution in [0.15, 0.2) is 0 Å². The van der Waals surface area contributed by atoms with Crippen molar-refractivity contribution in [1.29, 1.82) is 0 Å². The molecule has 5 nitrogen and oxygen atoms in total. The van der Waals surface area contributed by atoms with Crippen molar-refractivity contribution in [2.75, 3.05) is 0 Å². The van der Waals surface area contributed by atoms with Gasteiger partial charge in [-0.25, -0.2) is 0 Å². The molecule has 0 saturated heterocycles. The van der Waals surface area contributed by atoms with Crippen molar-refractivity contribution in [3.8, 4) is 0 Å². The summed E-state index contributed by atoms with van der Waals surface area (Å²) >= 11 is 0. The fourth-order valence-corrected chi connectivity index (χ4v) is 10.2. The Kier molecular flexibility index (Phi) is 8.05. The van der Waals surface area contributed by atoms with Gasteiger partial charge < -0.3 is 14.9 Å². The maximum absolute atomic E-state index is 13.6. The van der Waals surface area contributed by atoms with E-state index in [0.717, 1.165) is 44.9 Å². The average Bonchev–Trinajstić information content (AvgIpc) is 3.16. The third-order valence-electron chi connectivity index (χ3n) is 12.1. The first-order valence-corrected chi connectivity index (χ1v) is 14.9. The fraction of sp³-hybridized carbons (Fsp3) is 0.935. The maximum Gasteiger partial charge on any atom is 0.302 e. The molecule has 36 heavy (non-hydrogen) atoms. The van der Waals surface area contributed by atoms with Gasteiger partial charge in [0.05, 0.1) is 12.2 Å². The Labute approximate surface area is 219 Å². The van der Waals surface area contributed by atoms with E-state index in [1.165, 1.54) is 6.92 Å². The van der Waals surface area contributed by atoms with Gasteiger partial charge in [0.15, 0.2) is 0 Å². The largest absolute Gasteiger partial charge is 0.463 e. The van der Waals surface area contributed by atoms with Gasteiger partial charge in [-0.15, -0.1) is 0 Å². The van der Waals surface area contributed by atoms with Gasteiger partial charge >= 0.3 is 5.97 Å². The number of carbonyl (C=O) groups excluding carboxylic acids is 2. The monoisotopic (exact) mass is 504 g/mol. The van der Waals surface area contributed by atoms with Crippen LogP contribution in [0.25, 0.3) is 0 Å². The van der Waals surface area contributed by atoms with Crippen molar-refractivity contribution in [2.45, 2.75) is 125 Å². The molecule has 5 heteroatoms. The predicted octanol–water partition coefficient (Wildman–Crippen LogP) is 5.80. The third-order valence-corrected chi connectivity index (χ3v) is 12.1. The van der Waals surface area contributed by atoms with Crippen LogP contribution < -0.4 is 0 Å². The average molecular weight is 505 g/mol. The summed E-state index contributed by atoms with van der Waals surface area (Å²) in [5.41, 5.74) is 0.113. The van der Waals surface area contributed by atoms with Crippen molar-refractivity contribution in [3.05, 3.63) is 0 Å². The van der Waals surface area contributed by atoms with E-state index in [1.807, 2.05) is 0 Å². The van der Waals surface area contributed by atoms with Crippen LogP contribution in [0.1, 0.15) is 106 Å². The summed E-state index contributed by atoms with van der Waals surface area (Å²) in [6.07, 6.45) is 7.03. The highest BCUT2D eigenvalue weighted by Crippen LogP contribution is 2.68. The number of fused-ring (bicyclic) bond motifs is 5. The minimum absolute atomic E-state index is 0.00298. The molecule has 4 aliphatic rings. The maximum atomic E-state index is 13.6. The number of Topliss-reactive ketones (excluding diaryl/α,β-unsaturated/α-hetero) is 1. The minimum atomic E-state index is -0.706. The molecule has 4 saturated carbocycles. The van der Waals surface area contributed by atoms with E-state index < -0.39 is 12.2 Å². The molecule has 206 valence electrons. The molecule has 0 spiro atoms. The van der Waals surface area contributed by atoms with E-state index >= 15 is 0 Å². The number of rotatable bonds is 7. The van der Waals surface area contributed by atoms with Crippen LogP contribution in [0, 0.1) is 58.2 Å². The number of esters is 1. The molecule has 0 bridgehead atoms. The van der Waals surface area contributed by atoms with Crippen LogP contribution in [0.2, 0.25) is 0 Å². The van der Waals surface area contributed by atoms with Crippen LogP contribution >= 0.6 is 0 Å². The lowest BCUT2D eigenvalue weighted by Gasteiger charge is -2.60. The molecule has 4 rings (SSSR count). The summed E-state index contributed by atoms with van der Waals surface area (Å²) in [6.45, 7) is 14.8. The Morgan fingerprint density at radius 1 is 1.00 bits per heavy atom. The van der Waals surface area contributed by atoms with Crippen molar-refractivity contribution >= 4 is 11.8 Å². The first-order chi connectivity index (χ1) is 16.8. The van der Waals surface area contributed by atoms with E-state index in [4.69, 9.17) is 4.74 Å². The molecule has 2 N–H and O–H groups in total. The highest BCUT2D eigenvalue weighted by atomic mass is 16.5. The van der Waals surface area contributed by atoms with E-state index in [2.05, 4.69) is 41.5 Å². The lowest BCUT2D eigenvalue weighted by molar-refractivity contribution is -0.170. The van der Waals surface area contributed by atoms with Crippen LogP contribution in [-0.2, 0) is 14.3 Å². The molecular weight excluding hydrogens is 452 g/mol. The van der Waals surface area contributed by atoms with E-state index in [0.29, 0.717) is 48.2 Å². The highest BCUT2D eigenvalue weighted by Gasteiger charge is 2.63. The second-order valence-electron chi connectivity index (χ2n) is 14.0. The van der Waals surface area contributed by atoms with Crippen molar-refractivity contribution in [3.63, 3.8) is 0 Å². The molecule has 0 heterocycles. The van der Waals surface area contributed by atoms with Gasteiger partial charge in [-0.05, 0) is 97.2 Å². The third kappa shape index (κ3) is 4.59. The topological polar surface area (TPSA) is 83.8 Å². The van der Waals surface area contributed by atoms with Crippen LogP contribution in [0.4, 0.5) is 0 Å². The van der Waals surface area contributed by atoms with E-state index in [9.17, 15) is 19.8 Å². The number of ketones is 1. The Balaban J connectivity index is 1.51. The zero-order valence-corrected chi connectivity index (χ0v) is 23.8. The summed E-state index contributed by atoms with van der Waals surface area (Å²) in [7, 11) is 0. The summed E-state index contributed by atoms with van der Waals surface area (Å²) in [5.74, 6) is 2.49. The SMILES string of the molecule is CC[C@@H](C(C)C)[C@H](O)[C@@H](O)[C@@H](C)[C@H]1CCC2C3CC(=O)[C@H]4C[C@@H](OC(C)=O)CC[C@]4(C)C3CC[C@@]21C. The molecule has 0 aromatic carbocycles. The number of hydrogen-bond donors (Lipinski definition) is 2. The van der Waals surface area contributed by atoms with Crippen LogP contribution in [0.5, 0.6) is 0 Å². The molecule has 0 aromatic rings. The quantitative estimate of drug-likeness (QED) is 0.428. The molecule has 0 amide bonds. The molecule has 3 unspecified atom stereocenters. The molecule has 12 atom stereocenters. The Morgan fingerprint density at radius 2 is 1.64 bits per heavy atom. The minimum Gasteiger partial charge on any atom is -0.463 e. The molecule has 0 aromatic heterocycles. The first-order valence-electron chi connectivity index (χ1n) is 14.9. The van der Waals surface area contributed by atoms with E-state index in [-0.39, 0.29) is 40.7 Å². The zero-order valence-electron chi connectivity index (χ0n) is 23.8. The van der Waals surface area contributed by atoms with Gasteiger partial charge in [0.25, 0.3) is 0 Å². The van der Waals surface area contributed by atoms with Gasteiger partial charge in [0, 0.05) is 19.3 Å². The van der Waals surface area contributed by atoms with Gasteiger partial charge in [0.2, 0.25) is 0 Å². The molecule has 0 aliphatic heterocycles. The smallest absolute Gasteiger partial charge is 0.302 e. The Hall–Kier alpha value is -0.940. The number of carbonyl (C=O) groups is 2. The van der Waals surface area contributed by atoms with E-state index in [1.54, 1.807) is 0 Å². The molecular formula is C31H52O5.